The molecule has 0 aromatic heterocycles. The number of carbonyl (C=O) groups excluding carboxylic acids is 2. The summed E-state index contributed by atoms with van der Waals surface area (Å²) >= 11 is 1.25. The highest BCUT2D eigenvalue weighted by Crippen LogP contribution is 2.29. The van der Waals surface area contributed by atoms with E-state index in [4.69, 9.17) is 4.74 Å². The van der Waals surface area contributed by atoms with Gasteiger partial charge in [0.2, 0.25) is 5.91 Å². The molecular weight excluding hydrogens is 360 g/mol. The number of thioether (sulfide) groups is 1. The van der Waals surface area contributed by atoms with E-state index in [0.29, 0.717) is 31.5 Å². The van der Waals surface area contributed by atoms with Crippen molar-refractivity contribution in [3.8, 4) is 0 Å². The molecule has 2 heterocycles. The largest absolute Gasteiger partial charge is 0.378 e. The number of rotatable bonds is 4. The van der Waals surface area contributed by atoms with Gasteiger partial charge in [-0.15, -0.1) is 0 Å². The molecule has 0 spiro atoms. The molecule has 0 aliphatic carbocycles. The maximum atomic E-state index is 12.3. The summed E-state index contributed by atoms with van der Waals surface area (Å²) in [5, 5.41) is 13.7. The number of aliphatic imine (C=N–C) groups is 1. The Kier molecular flexibility index (Phi) is 5.52. The summed E-state index contributed by atoms with van der Waals surface area (Å²) in [6.07, 6.45) is -0.0914. The van der Waals surface area contributed by atoms with Crippen LogP contribution in [0.15, 0.2) is 23.2 Å². The van der Waals surface area contributed by atoms with Crippen molar-refractivity contribution in [2.75, 3.05) is 31.6 Å². The molecule has 0 saturated carbocycles. The number of carbonyl (C=O) groups is 2. The van der Waals surface area contributed by atoms with Gasteiger partial charge in [-0.2, -0.15) is 4.99 Å². The SMILES string of the molecule is Cc1ccc(NC(=O)C[C@H]2SC(N3CCOCC3)=NC2=O)c([N+](=O)[O-])c1. The van der Waals surface area contributed by atoms with E-state index in [1.165, 1.54) is 23.9 Å². The lowest BCUT2D eigenvalue weighted by Crippen LogP contribution is -2.39. The third-order valence-corrected chi connectivity index (χ3v) is 5.22. The Hall–Kier alpha value is -2.46. The molecule has 1 atom stereocenters. The number of anilines is 1. The van der Waals surface area contributed by atoms with Gasteiger partial charge in [0.15, 0.2) is 5.17 Å². The summed E-state index contributed by atoms with van der Waals surface area (Å²) in [7, 11) is 0. The van der Waals surface area contributed by atoms with Gasteiger partial charge >= 0.3 is 0 Å². The zero-order valence-electron chi connectivity index (χ0n) is 14.1. The second-order valence-electron chi connectivity index (χ2n) is 5.97. The molecule has 1 aromatic carbocycles. The summed E-state index contributed by atoms with van der Waals surface area (Å²) in [5.74, 6) is -0.814. The van der Waals surface area contributed by atoms with Crippen LogP contribution in [0.3, 0.4) is 0 Å². The summed E-state index contributed by atoms with van der Waals surface area (Å²) in [6, 6.07) is 4.56. The van der Waals surface area contributed by atoms with Crippen LogP contribution in [0.5, 0.6) is 0 Å². The van der Waals surface area contributed by atoms with Crippen LogP contribution >= 0.6 is 11.8 Å². The second-order valence-corrected chi connectivity index (χ2v) is 7.14. The summed E-state index contributed by atoms with van der Waals surface area (Å²) in [5.41, 5.74) is 0.671. The molecule has 2 aliphatic rings. The number of aryl methyl sites for hydroxylation is 1. The fraction of sp³-hybridized carbons (Fsp3) is 0.438. The highest BCUT2D eigenvalue weighted by molar-refractivity contribution is 8.15. The van der Waals surface area contributed by atoms with Gasteiger partial charge in [-0.05, 0) is 18.6 Å². The first-order chi connectivity index (χ1) is 12.4. The summed E-state index contributed by atoms with van der Waals surface area (Å²) in [6.45, 7) is 4.21. The van der Waals surface area contributed by atoms with Crippen LogP contribution in [0, 0.1) is 17.0 Å². The van der Waals surface area contributed by atoms with Gasteiger partial charge in [-0.25, -0.2) is 0 Å². The van der Waals surface area contributed by atoms with Crippen molar-refractivity contribution in [3.63, 3.8) is 0 Å². The smallest absolute Gasteiger partial charge is 0.293 e. The Labute approximate surface area is 153 Å². The maximum absolute atomic E-state index is 12.3. The van der Waals surface area contributed by atoms with Gasteiger partial charge in [0.1, 0.15) is 10.9 Å². The van der Waals surface area contributed by atoms with Crippen LogP contribution in [0.25, 0.3) is 0 Å². The average Bonchev–Trinajstić information content (AvgIpc) is 2.97. The second kappa shape index (κ2) is 7.83. The minimum atomic E-state index is -0.614. The molecule has 26 heavy (non-hydrogen) atoms. The number of hydrogen-bond donors (Lipinski definition) is 1. The van der Waals surface area contributed by atoms with Crippen molar-refractivity contribution in [2.45, 2.75) is 18.6 Å². The molecule has 1 saturated heterocycles. The van der Waals surface area contributed by atoms with Crippen molar-refractivity contribution in [3.05, 3.63) is 33.9 Å². The quantitative estimate of drug-likeness (QED) is 0.624. The minimum absolute atomic E-state index is 0.0914. The van der Waals surface area contributed by atoms with Crippen LogP contribution < -0.4 is 5.32 Å². The van der Waals surface area contributed by atoms with Crippen LogP contribution in [0.4, 0.5) is 11.4 Å². The topological polar surface area (TPSA) is 114 Å². The molecule has 2 amide bonds. The molecule has 0 unspecified atom stereocenters. The Balaban J connectivity index is 1.61. The molecule has 10 heteroatoms. The Morgan fingerprint density at radius 2 is 2.19 bits per heavy atom. The normalized spacial score (nSPS) is 20.0. The lowest BCUT2D eigenvalue weighted by atomic mass is 10.2. The number of hydrogen-bond acceptors (Lipinski definition) is 7. The highest BCUT2D eigenvalue weighted by Gasteiger charge is 2.33. The van der Waals surface area contributed by atoms with E-state index in [9.17, 15) is 19.7 Å². The number of nitro groups is 1. The van der Waals surface area contributed by atoms with Gasteiger partial charge in [-0.1, -0.05) is 17.8 Å². The molecule has 1 N–H and O–H groups in total. The fourth-order valence-electron chi connectivity index (χ4n) is 2.67. The lowest BCUT2D eigenvalue weighted by molar-refractivity contribution is -0.384. The van der Waals surface area contributed by atoms with Crippen LogP contribution in [0.2, 0.25) is 0 Å². The van der Waals surface area contributed by atoms with E-state index < -0.39 is 16.1 Å². The summed E-state index contributed by atoms with van der Waals surface area (Å²) < 4.78 is 5.27. The Morgan fingerprint density at radius 1 is 1.46 bits per heavy atom. The zero-order valence-corrected chi connectivity index (χ0v) is 15.0. The average molecular weight is 378 g/mol. The van der Waals surface area contributed by atoms with E-state index >= 15 is 0 Å². The van der Waals surface area contributed by atoms with Crippen LogP contribution in [-0.4, -0.2) is 58.4 Å². The molecule has 9 nitrogen and oxygen atoms in total. The molecule has 138 valence electrons. The van der Waals surface area contributed by atoms with E-state index in [1.54, 1.807) is 13.0 Å². The molecule has 1 fully saturated rings. The Morgan fingerprint density at radius 3 is 2.88 bits per heavy atom. The fourth-order valence-corrected chi connectivity index (χ4v) is 3.78. The predicted molar refractivity (Wildman–Crippen MR) is 97.3 cm³/mol. The number of ether oxygens (including phenoxy) is 1. The number of nitrogens with zero attached hydrogens (tertiary/aromatic N) is 3. The van der Waals surface area contributed by atoms with E-state index in [0.717, 1.165) is 5.56 Å². The summed E-state index contributed by atoms with van der Waals surface area (Å²) in [4.78, 5) is 40.9. The molecule has 2 aliphatic heterocycles. The van der Waals surface area contributed by atoms with Crippen LogP contribution in [-0.2, 0) is 14.3 Å². The van der Waals surface area contributed by atoms with Crippen molar-refractivity contribution in [1.82, 2.24) is 4.90 Å². The standard InChI is InChI=1S/C16H18N4O5S/c1-10-2-3-11(12(8-10)20(23)24)17-14(21)9-13-15(22)18-16(26-13)19-4-6-25-7-5-19/h2-3,8,13H,4-7,9H2,1H3,(H,17,21)/t13-/m1/s1. The van der Waals surface area contributed by atoms with Gasteiger partial charge in [-0.3, -0.25) is 19.7 Å². The zero-order chi connectivity index (χ0) is 18.7. The van der Waals surface area contributed by atoms with Crippen LogP contribution in [0.1, 0.15) is 12.0 Å². The lowest BCUT2D eigenvalue weighted by Gasteiger charge is -2.27. The Bertz CT molecular complexity index is 776. The third-order valence-electron chi connectivity index (χ3n) is 4.01. The van der Waals surface area contributed by atoms with E-state index in [1.807, 2.05) is 4.90 Å². The number of amides is 2. The first kappa shape index (κ1) is 18.3. The number of amidine groups is 1. The molecule has 3 rings (SSSR count). The third kappa shape index (κ3) is 4.20. The van der Waals surface area contributed by atoms with E-state index in [2.05, 4.69) is 10.3 Å². The molecule has 0 radical (unpaired) electrons. The van der Waals surface area contributed by atoms with E-state index in [-0.39, 0.29) is 23.7 Å². The first-order valence-corrected chi connectivity index (χ1v) is 8.99. The van der Waals surface area contributed by atoms with Gasteiger partial charge in [0.05, 0.1) is 18.1 Å². The molecule has 0 bridgehead atoms. The van der Waals surface area contributed by atoms with Crippen molar-refractivity contribution in [1.29, 1.82) is 0 Å². The van der Waals surface area contributed by atoms with Gasteiger partial charge in [0, 0.05) is 25.6 Å². The number of nitro benzene ring substituents is 1. The number of benzene rings is 1. The number of morpholine rings is 1. The monoisotopic (exact) mass is 378 g/mol. The maximum Gasteiger partial charge on any atom is 0.293 e. The first-order valence-electron chi connectivity index (χ1n) is 8.11. The molecule has 1 aromatic rings. The predicted octanol–water partition coefficient (Wildman–Crippen LogP) is 1.56. The highest BCUT2D eigenvalue weighted by atomic mass is 32.2. The van der Waals surface area contributed by atoms with Crippen molar-refractivity contribution < 1.29 is 19.2 Å². The van der Waals surface area contributed by atoms with Gasteiger partial charge < -0.3 is 15.0 Å². The minimum Gasteiger partial charge on any atom is -0.378 e. The van der Waals surface area contributed by atoms with Crippen molar-refractivity contribution in [2.24, 2.45) is 4.99 Å². The van der Waals surface area contributed by atoms with Crippen molar-refractivity contribution >= 4 is 40.1 Å². The van der Waals surface area contributed by atoms with Gasteiger partial charge in [0.25, 0.3) is 11.6 Å². The molecular formula is C16H18N4O5S. The number of nitrogens with one attached hydrogen (secondary N) is 1.